The van der Waals surface area contributed by atoms with Crippen LogP contribution in [0.4, 0.5) is 10.1 Å². The lowest BCUT2D eigenvalue weighted by molar-refractivity contribution is -0.121. The third-order valence-corrected chi connectivity index (χ3v) is 3.40. The Bertz CT molecular complexity index is 574. The number of amides is 1. The van der Waals surface area contributed by atoms with Crippen LogP contribution in [0.5, 0.6) is 0 Å². The number of hydrogen-bond donors (Lipinski definition) is 1. The summed E-state index contributed by atoms with van der Waals surface area (Å²) in [4.78, 5) is 11.0. The average molecular weight is 310 g/mol. The second kappa shape index (κ2) is 6.31. The molecule has 1 N–H and O–H groups in total. The van der Waals surface area contributed by atoms with E-state index in [-0.39, 0.29) is 23.3 Å². The fourth-order valence-corrected chi connectivity index (χ4v) is 1.94. The Kier molecular flexibility index (Phi) is 5.28. The zero-order chi connectivity index (χ0) is 14.6. The number of halogens is 2. The lowest BCUT2D eigenvalue weighted by Crippen LogP contribution is -2.21. The van der Waals surface area contributed by atoms with E-state index in [4.69, 9.17) is 15.4 Å². The van der Waals surface area contributed by atoms with E-state index in [1.54, 1.807) is 13.8 Å². The molecule has 0 radical (unpaired) electrons. The van der Waals surface area contributed by atoms with Gasteiger partial charge in [0.05, 0.1) is 16.7 Å². The van der Waals surface area contributed by atoms with Gasteiger partial charge in [0.2, 0.25) is 5.91 Å². The van der Waals surface area contributed by atoms with Crippen molar-refractivity contribution in [2.24, 2.45) is 0 Å². The van der Waals surface area contributed by atoms with Gasteiger partial charge in [0, 0.05) is 10.7 Å². The molecule has 5 nitrogen and oxygen atoms in total. The summed E-state index contributed by atoms with van der Waals surface area (Å²) in [6.07, 6.45) is -0.126. The van der Waals surface area contributed by atoms with Gasteiger partial charge in [-0.1, -0.05) is 0 Å². The van der Waals surface area contributed by atoms with Crippen molar-refractivity contribution in [3.63, 3.8) is 0 Å². The van der Waals surface area contributed by atoms with E-state index in [0.29, 0.717) is 0 Å². The standard InChI is InChI=1S/C11H13ClFNO4S/c1-7(2)18-6-11(15)14-10-4-3-8(5-9(10)13)19(12,16)17/h3-5,7H,6H2,1-2H3,(H,14,15). The van der Waals surface area contributed by atoms with Crippen LogP contribution in [0.1, 0.15) is 13.8 Å². The molecule has 106 valence electrons. The molecule has 1 amide bonds. The van der Waals surface area contributed by atoms with Crippen molar-refractivity contribution in [3.8, 4) is 0 Å². The highest BCUT2D eigenvalue weighted by Crippen LogP contribution is 2.21. The van der Waals surface area contributed by atoms with Gasteiger partial charge in [-0.15, -0.1) is 0 Å². The molecule has 0 heterocycles. The van der Waals surface area contributed by atoms with E-state index < -0.39 is 20.8 Å². The van der Waals surface area contributed by atoms with Crippen LogP contribution in [0, 0.1) is 5.82 Å². The minimum atomic E-state index is -4.00. The predicted octanol–water partition coefficient (Wildman–Crippen LogP) is 2.12. The molecule has 0 saturated heterocycles. The molecular weight excluding hydrogens is 297 g/mol. The fraction of sp³-hybridized carbons (Fsp3) is 0.364. The average Bonchev–Trinajstić information content (AvgIpc) is 2.27. The van der Waals surface area contributed by atoms with Gasteiger partial charge < -0.3 is 10.1 Å². The van der Waals surface area contributed by atoms with Crippen LogP contribution in [0.25, 0.3) is 0 Å². The monoisotopic (exact) mass is 309 g/mol. The first kappa shape index (κ1) is 15.9. The van der Waals surface area contributed by atoms with E-state index >= 15 is 0 Å². The molecule has 0 aliphatic carbocycles. The number of ether oxygens (including phenoxy) is 1. The number of benzene rings is 1. The maximum absolute atomic E-state index is 13.6. The van der Waals surface area contributed by atoms with Crippen LogP contribution >= 0.6 is 10.7 Å². The summed E-state index contributed by atoms with van der Waals surface area (Å²) < 4.78 is 40.6. The lowest BCUT2D eigenvalue weighted by atomic mass is 10.3. The molecule has 0 aliphatic heterocycles. The van der Waals surface area contributed by atoms with Gasteiger partial charge in [0.25, 0.3) is 9.05 Å². The zero-order valence-electron chi connectivity index (χ0n) is 10.3. The largest absolute Gasteiger partial charge is 0.369 e. The van der Waals surface area contributed by atoms with E-state index in [1.807, 2.05) is 0 Å². The number of hydrogen-bond acceptors (Lipinski definition) is 4. The Hall–Kier alpha value is -1.18. The predicted molar refractivity (Wildman–Crippen MR) is 69.2 cm³/mol. The van der Waals surface area contributed by atoms with Crippen molar-refractivity contribution >= 4 is 31.3 Å². The van der Waals surface area contributed by atoms with Crippen molar-refractivity contribution in [1.82, 2.24) is 0 Å². The number of carbonyl (C=O) groups is 1. The lowest BCUT2D eigenvalue weighted by Gasteiger charge is -2.09. The van der Waals surface area contributed by atoms with Gasteiger partial charge in [-0.05, 0) is 32.0 Å². The molecule has 0 fully saturated rings. The molecule has 1 aromatic rings. The molecule has 19 heavy (non-hydrogen) atoms. The van der Waals surface area contributed by atoms with Crippen LogP contribution in [-0.2, 0) is 18.6 Å². The smallest absolute Gasteiger partial charge is 0.261 e. The van der Waals surface area contributed by atoms with E-state index in [0.717, 1.165) is 18.2 Å². The zero-order valence-corrected chi connectivity index (χ0v) is 11.9. The summed E-state index contributed by atoms with van der Waals surface area (Å²) >= 11 is 0. The quantitative estimate of drug-likeness (QED) is 0.846. The molecule has 0 bridgehead atoms. The van der Waals surface area contributed by atoms with Crippen LogP contribution in [0.3, 0.4) is 0 Å². The number of carbonyl (C=O) groups excluding carboxylic acids is 1. The van der Waals surface area contributed by atoms with E-state index in [2.05, 4.69) is 5.32 Å². The summed E-state index contributed by atoms with van der Waals surface area (Å²) in [5, 5.41) is 2.27. The molecular formula is C11H13ClFNO4S. The highest BCUT2D eigenvalue weighted by molar-refractivity contribution is 8.13. The first-order valence-corrected chi connectivity index (χ1v) is 7.66. The van der Waals surface area contributed by atoms with Crippen molar-refractivity contribution in [3.05, 3.63) is 24.0 Å². The van der Waals surface area contributed by atoms with Gasteiger partial charge >= 0.3 is 0 Å². The Morgan fingerprint density at radius 3 is 2.58 bits per heavy atom. The van der Waals surface area contributed by atoms with Gasteiger partial charge in [-0.2, -0.15) is 0 Å². The highest BCUT2D eigenvalue weighted by atomic mass is 35.7. The van der Waals surface area contributed by atoms with Crippen molar-refractivity contribution < 1.29 is 22.3 Å². The Morgan fingerprint density at radius 2 is 2.11 bits per heavy atom. The third kappa shape index (κ3) is 5.14. The fourth-order valence-electron chi connectivity index (χ4n) is 1.18. The second-order valence-electron chi connectivity index (χ2n) is 3.99. The second-order valence-corrected chi connectivity index (χ2v) is 6.55. The first-order valence-electron chi connectivity index (χ1n) is 5.36. The van der Waals surface area contributed by atoms with Gasteiger partial charge in [-0.25, -0.2) is 12.8 Å². The van der Waals surface area contributed by atoms with Crippen LogP contribution in [0.15, 0.2) is 23.1 Å². The Morgan fingerprint density at radius 1 is 1.47 bits per heavy atom. The summed E-state index contributed by atoms with van der Waals surface area (Å²) in [6, 6.07) is 2.96. The number of anilines is 1. The molecule has 0 aliphatic rings. The van der Waals surface area contributed by atoms with Crippen molar-refractivity contribution in [2.45, 2.75) is 24.8 Å². The molecule has 8 heteroatoms. The molecule has 0 spiro atoms. The minimum Gasteiger partial charge on any atom is -0.369 e. The Balaban J connectivity index is 2.78. The van der Waals surface area contributed by atoms with E-state index in [1.165, 1.54) is 0 Å². The molecule has 1 aromatic carbocycles. The van der Waals surface area contributed by atoms with E-state index in [9.17, 15) is 17.6 Å². The molecule has 0 unspecified atom stereocenters. The SMILES string of the molecule is CC(C)OCC(=O)Nc1ccc(S(=O)(=O)Cl)cc1F. The number of rotatable bonds is 5. The van der Waals surface area contributed by atoms with Crippen molar-refractivity contribution in [2.75, 3.05) is 11.9 Å². The van der Waals surface area contributed by atoms with Crippen LogP contribution in [0.2, 0.25) is 0 Å². The maximum atomic E-state index is 13.6. The third-order valence-electron chi connectivity index (χ3n) is 2.04. The minimum absolute atomic E-state index is 0.126. The van der Waals surface area contributed by atoms with Crippen LogP contribution in [-0.4, -0.2) is 27.0 Å². The normalized spacial score (nSPS) is 11.6. The highest BCUT2D eigenvalue weighted by Gasteiger charge is 2.14. The number of nitrogens with one attached hydrogen (secondary N) is 1. The molecule has 0 saturated carbocycles. The van der Waals surface area contributed by atoms with Crippen LogP contribution < -0.4 is 5.32 Å². The topological polar surface area (TPSA) is 72.5 Å². The summed E-state index contributed by atoms with van der Waals surface area (Å²) in [5.41, 5.74) is -0.138. The molecule has 1 rings (SSSR count). The first-order chi connectivity index (χ1) is 8.70. The van der Waals surface area contributed by atoms with Gasteiger partial charge in [0.1, 0.15) is 12.4 Å². The molecule has 0 atom stereocenters. The van der Waals surface area contributed by atoms with Crippen molar-refractivity contribution in [1.29, 1.82) is 0 Å². The summed E-state index contributed by atoms with van der Waals surface area (Å²) in [5.74, 6) is -1.42. The maximum Gasteiger partial charge on any atom is 0.261 e. The molecule has 0 aromatic heterocycles. The Labute approximate surface area is 115 Å². The summed E-state index contributed by atoms with van der Waals surface area (Å²) in [6.45, 7) is 3.30. The van der Waals surface area contributed by atoms with Gasteiger partial charge in [-0.3, -0.25) is 4.79 Å². The summed E-state index contributed by atoms with van der Waals surface area (Å²) in [7, 11) is 1.07. The van der Waals surface area contributed by atoms with Gasteiger partial charge in [0.15, 0.2) is 0 Å².